The molecule has 0 fully saturated rings. The van der Waals surface area contributed by atoms with Gasteiger partial charge >= 0.3 is 0 Å². The highest BCUT2D eigenvalue weighted by molar-refractivity contribution is 5.92. The lowest BCUT2D eigenvalue weighted by Crippen LogP contribution is -2.27. The second-order valence-corrected chi connectivity index (χ2v) is 6.31. The summed E-state index contributed by atoms with van der Waals surface area (Å²) in [5, 5.41) is 4.71. The molecule has 0 saturated heterocycles. The van der Waals surface area contributed by atoms with Gasteiger partial charge in [-0.3, -0.25) is 19.1 Å². The molecule has 0 atom stereocenters. The molecule has 0 saturated carbocycles. The largest absolute Gasteiger partial charge is 0.366 e. The first kappa shape index (κ1) is 18.3. The average molecular weight is 364 g/mol. The fourth-order valence-electron chi connectivity index (χ4n) is 2.92. The molecule has 3 rings (SSSR count). The molecule has 0 aliphatic heterocycles. The highest BCUT2D eigenvalue weighted by Crippen LogP contribution is 2.11. The van der Waals surface area contributed by atoms with Gasteiger partial charge in [0.1, 0.15) is 0 Å². The third kappa shape index (κ3) is 4.20. The van der Waals surface area contributed by atoms with Crippen LogP contribution in [0.5, 0.6) is 0 Å². The zero-order chi connectivity index (χ0) is 19.4. The van der Waals surface area contributed by atoms with E-state index in [2.05, 4.69) is 5.10 Å². The summed E-state index contributed by atoms with van der Waals surface area (Å²) in [6.07, 6.45) is 1.51. The van der Waals surface area contributed by atoms with Crippen LogP contribution in [0.3, 0.4) is 0 Å². The van der Waals surface area contributed by atoms with Gasteiger partial charge in [-0.25, -0.2) is 0 Å². The quantitative estimate of drug-likeness (QED) is 0.717. The number of amides is 2. The highest BCUT2D eigenvalue weighted by Gasteiger charge is 2.12. The van der Waals surface area contributed by atoms with Gasteiger partial charge in [0.2, 0.25) is 17.2 Å². The number of para-hydroxylation sites is 1. The van der Waals surface area contributed by atoms with E-state index >= 15 is 0 Å². The number of aromatic nitrogens is 2. The zero-order valence-electron chi connectivity index (χ0n) is 15.0. The molecule has 1 aromatic heterocycles. The third-order valence-electron chi connectivity index (χ3n) is 4.36. The Morgan fingerprint density at radius 1 is 1.15 bits per heavy atom. The van der Waals surface area contributed by atoms with Gasteiger partial charge in [-0.2, -0.15) is 5.10 Å². The van der Waals surface area contributed by atoms with Gasteiger partial charge in [0, 0.05) is 31.0 Å². The van der Waals surface area contributed by atoms with E-state index in [0.29, 0.717) is 29.6 Å². The van der Waals surface area contributed by atoms with Crippen molar-refractivity contribution in [2.24, 2.45) is 5.73 Å². The number of nitrogens with two attached hydrogens (primary N) is 1. The molecule has 0 bridgehead atoms. The van der Waals surface area contributed by atoms with Gasteiger partial charge in [0.05, 0.1) is 18.3 Å². The molecule has 0 spiro atoms. The van der Waals surface area contributed by atoms with E-state index in [0.717, 1.165) is 5.56 Å². The molecule has 138 valence electrons. The molecule has 7 heteroatoms. The Bertz CT molecular complexity index is 1060. The Kier molecular flexibility index (Phi) is 5.30. The maximum Gasteiger partial charge on any atom is 0.248 e. The second kappa shape index (κ2) is 7.82. The van der Waals surface area contributed by atoms with Gasteiger partial charge in [-0.15, -0.1) is 0 Å². The fourth-order valence-corrected chi connectivity index (χ4v) is 2.92. The Morgan fingerprint density at radius 3 is 2.70 bits per heavy atom. The summed E-state index contributed by atoms with van der Waals surface area (Å²) in [6, 6.07) is 14.1. The standard InChI is InChI=1S/C20H20N4O3/c1-23(13-14-5-4-6-15(11-14)20(21)27)19(26)9-10-24-17-8-3-2-7-16(17)18(25)12-22-24/h2-8,11-12H,9-10,13H2,1H3,(H2,21,27). The third-order valence-corrected chi connectivity index (χ3v) is 4.36. The van der Waals surface area contributed by atoms with E-state index in [1.807, 2.05) is 18.2 Å². The topological polar surface area (TPSA) is 98.3 Å². The first-order valence-electron chi connectivity index (χ1n) is 8.53. The minimum atomic E-state index is -0.498. The average Bonchev–Trinajstić information content (AvgIpc) is 2.67. The van der Waals surface area contributed by atoms with E-state index in [1.54, 1.807) is 47.0 Å². The summed E-state index contributed by atoms with van der Waals surface area (Å²) < 4.78 is 1.66. The molecule has 0 aliphatic carbocycles. The van der Waals surface area contributed by atoms with Crippen LogP contribution in [0.4, 0.5) is 0 Å². The van der Waals surface area contributed by atoms with Crippen LogP contribution in [0.25, 0.3) is 10.9 Å². The molecule has 2 amide bonds. The number of fused-ring (bicyclic) bond motifs is 1. The van der Waals surface area contributed by atoms with Gasteiger partial charge in [-0.1, -0.05) is 24.3 Å². The molecule has 2 aromatic carbocycles. The van der Waals surface area contributed by atoms with Crippen molar-refractivity contribution < 1.29 is 9.59 Å². The number of rotatable bonds is 6. The summed E-state index contributed by atoms with van der Waals surface area (Å²) >= 11 is 0. The molecule has 1 heterocycles. The number of carbonyl (C=O) groups is 2. The smallest absolute Gasteiger partial charge is 0.248 e. The van der Waals surface area contributed by atoms with Crippen molar-refractivity contribution in [1.82, 2.24) is 14.7 Å². The minimum absolute atomic E-state index is 0.0657. The van der Waals surface area contributed by atoms with Gasteiger partial charge < -0.3 is 10.6 Å². The Balaban J connectivity index is 1.67. The van der Waals surface area contributed by atoms with Crippen LogP contribution in [0.15, 0.2) is 59.5 Å². The molecule has 7 nitrogen and oxygen atoms in total. The number of hydrogen-bond donors (Lipinski definition) is 1. The molecule has 3 aromatic rings. The molecule has 0 unspecified atom stereocenters. The summed E-state index contributed by atoms with van der Waals surface area (Å²) in [4.78, 5) is 37.2. The van der Waals surface area contributed by atoms with Crippen molar-refractivity contribution >= 4 is 22.7 Å². The van der Waals surface area contributed by atoms with Crippen molar-refractivity contribution in [3.63, 3.8) is 0 Å². The number of nitrogens with zero attached hydrogens (tertiary/aromatic N) is 3. The van der Waals surface area contributed by atoms with Crippen molar-refractivity contribution in [1.29, 1.82) is 0 Å². The van der Waals surface area contributed by atoms with Crippen LogP contribution >= 0.6 is 0 Å². The van der Waals surface area contributed by atoms with E-state index in [4.69, 9.17) is 5.73 Å². The lowest BCUT2D eigenvalue weighted by atomic mass is 10.1. The number of hydrogen-bond acceptors (Lipinski definition) is 4. The van der Waals surface area contributed by atoms with Crippen LogP contribution in [0, 0.1) is 0 Å². The zero-order valence-corrected chi connectivity index (χ0v) is 15.0. The highest BCUT2D eigenvalue weighted by atomic mass is 16.2. The SMILES string of the molecule is CN(Cc1cccc(C(N)=O)c1)C(=O)CCn1ncc(=O)c2ccccc21. The van der Waals surface area contributed by atoms with E-state index in [-0.39, 0.29) is 17.8 Å². The summed E-state index contributed by atoms with van der Waals surface area (Å²) in [6.45, 7) is 0.740. The molecular weight excluding hydrogens is 344 g/mol. The fraction of sp³-hybridized carbons (Fsp3) is 0.200. The van der Waals surface area contributed by atoms with Crippen LogP contribution in [0.2, 0.25) is 0 Å². The van der Waals surface area contributed by atoms with Crippen molar-refractivity contribution in [2.75, 3.05) is 7.05 Å². The summed E-state index contributed by atoms with van der Waals surface area (Å²) in [5.74, 6) is -0.564. The first-order valence-corrected chi connectivity index (χ1v) is 8.53. The Hall–Kier alpha value is -3.48. The predicted molar refractivity (Wildman–Crippen MR) is 102 cm³/mol. The van der Waals surface area contributed by atoms with Crippen molar-refractivity contribution in [3.8, 4) is 0 Å². The van der Waals surface area contributed by atoms with Crippen LogP contribution < -0.4 is 11.2 Å². The maximum atomic E-state index is 12.5. The summed E-state index contributed by atoms with van der Waals surface area (Å²) in [7, 11) is 1.70. The van der Waals surface area contributed by atoms with E-state index < -0.39 is 5.91 Å². The lowest BCUT2D eigenvalue weighted by molar-refractivity contribution is -0.130. The molecule has 0 radical (unpaired) electrons. The molecule has 0 aliphatic rings. The van der Waals surface area contributed by atoms with Gasteiger partial charge in [0.15, 0.2) is 0 Å². The monoisotopic (exact) mass is 364 g/mol. The lowest BCUT2D eigenvalue weighted by Gasteiger charge is -2.18. The predicted octanol–water partition coefficient (Wildman–Crippen LogP) is 1.54. The second-order valence-electron chi connectivity index (χ2n) is 6.31. The van der Waals surface area contributed by atoms with Crippen LogP contribution in [-0.2, 0) is 17.9 Å². The van der Waals surface area contributed by atoms with Gasteiger partial charge in [-0.05, 0) is 29.8 Å². The Labute approximate surface area is 156 Å². The summed E-state index contributed by atoms with van der Waals surface area (Å²) in [5.41, 5.74) is 7.10. The number of aryl methyl sites for hydroxylation is 1. The first-order chi connectivity index (χ1) is 13.0. The number of benzene rings is 2. The number of primary amides is 1. The molecular formula is C20H20N4O3. The van der Waals surface area contributed by atoms with Crippen molar-refractivity contribution in [3.05, 3.63) is 76.1 Å². The van der Waals surface area contributed by atoms with Gasteiger partial charge in [0.25, 0.3) is 0 Å². The maximum absolute atomic E-state index is 12.5. The molecule has 27 heavy (non-hydrogen) atoms. The van der Waals surface area contributed by atoms with Crippen LogP contribution in [-0.4, -0.2) is 33.5 Å². The normalized spacial score (nSPS) is 10.7. The van der Waals surface area contributed by atoms with Crippen molar-refractivity contribution in [2.45, 2.75) is 19.5 Å². The number of carbonyl (C=O) groups excluding carboxylic acids is 2. The van der Waals surface area contributed by atoms with E-state index in [9.17, 15) is 14.4 Å². The Morgan fingerprint density at radius 2 is 1.93 bits per heavy atom. The minimum Gasteiger partial charge on any atom is -0.366 e. The van der Waals surface area contributed by atoms with Crippen LogP contribution in [0.1, 0.15) is 22.3 Å². The van der Waals surface area contributed by atoms with E-state index in [1.165, 1.54) is 6.20 Å². The molecule has 2 N–H and O–H groups in total.